The number of hydrogen-bond donors (Lipinski definition) is 2. The van der Waals surface area contributed by atoms with Gasteiger partial charge in [0.2, 0.25) is 11.8 Å². The van der Waals surface area contributed by atoms with Crippen LogP contribution in [-0.4, -0.2) is 44.7 Å². The van der Waals surface area contributed by atoms with Gasteiger partial charge in [0.25, 0.3) is 0 Å². The number of benzene rings is 2. The monoisotopic (exact) mass is 484 g/mol. The topological polar surface area (TPSA) is 86.7 Å². The molecule has 0 unspecified atom stereocenters. The third kappa shape index (κ3) is 4.51. The first kappa shape index (κ1) is 21.6. The van der Waals surface area contributed by atoms with Crippen LogP contribution in [-0.2, 0) is 27.2 Å². The molecule has 162 valence electrons. The van der Waals surface area contributed by atoms with Crippen LogP contribution in [0.25, 0.3) is 0 Å². The fourth-order valence-corrected chi connectivity index (χ4v) is 5.18. The molecular formula is C24H25BrN2O4. The van der Waals surface area contributed by atoms with Gasteiger partial charge in [-0.1, -0.05) is 70.5 Å². The van der Waals surface area contributed by atoms with Gasteiger partial charge in [-0.25, -0.2) is 4.79 Å². The van der Waals surface area contributed by atoms with Crippen molar-refractivity contribution in [2.75, 3.05) is 0 Å². The normalized spacial score (nSPS) is 23.8. The molecule has 0 bridgehead atoms. The number of hydrogen-bond acceptors (Lipinski definition) is 3. The summed E-state index contributed by atoms with van der Waals surface area (Å²) in [6.45, 7) is 0. The van der Waals surface area contributed by atoms with E-state index < -0.39 is 22.9 Å². The Kier molecular flexibility index (Phi) is 6.41. The summed E-state index contributed by atoms with van der Waals surface area (Å²) >= 11 is 3.45. The van der Waals surface area contributed by atoms with Crippen molar-refractivity contribution >= 4 is 33.7 Å². The molecule has 6 nitrogen and oxygen atoms in total. The second kappa shape index (κ2) is 9.22. The highest BCUT2D eigenvalue weighted by molar-refractivity contribution is 9.10. The third-order valence-electron chi connectivity index (χ3n) is 6.16. The van der Waals surface area contributed by atoms with Gasteiger partial charge in [0, 0.05) is 6.42 Å². The maximum Gasteiger partial charge on any atom is 0.326 e. The Hall–Kier alpha value is -2.67. The summed E-state index contributed by atoms with van der Waals surface area (Å²) in [6.07, 6.45) is 2.74. The molecule has 2 aliphatic rings. The largest absolute Gasteiger partial charge is 0.480 e. The minimum absolute atomic E-state index is 0.274. The molecule has 2 aromatic carbocycles. The molecule has 0 radical (unpaired) electrons. The molecule has 1 saturated heterocycles. The number of piperidine rings is 1. The van der Waals surface area contributed by atoms with Crippen molar-refractivity contribution in [3.05, 3.63) is 71.3 Å². The van der Waals surface area contributed by atoms with Crippen molar-refractivity contribution in [2.45, 2.75) is 55.1 Å². The van der Waals surface area contributed by atoms with Gasteiger partial charge in [0.1, 0.15) is 12.1 Å². The first-order chi connectivity index (χ1) is 15.0. The summed E-state index contributed by atoms with van der Waals surface area (Å²) in [4.78, 5) is 39.4. The van der Waals surface area contributed by atoms with Crippen molar-refractivity contribution in [1.82, 2.24) is 10.2 Å². The van der Waals surface area contributed by atoms with Gasteiger partial charge in [-0.2, -0.15) is 0 Å². The summed E-state index contributed by atoms with van der Waals surface area (Å²) in [5, 5.41) is 12.7. The van der Waals surface area contributed by atoms with Crippen LogP contribution in [0.5, 0.6) is 0 Å². The lowest BCUT2D eigenvalue weighted by Gasteiger charge is -2.40. The molecule has 2 N–H and O–H groups in total. The van der Waals surface area contributed by atoms with Crippen LogP contribution >= 0.6 is 15.9 Å². The lowest BCUT2D eigenvalue weighted by molar-refractivity contribution is -0.156. The van der Waals surface area contributed by atoms with Crippen LogP contribution in [0, 0.1) is 0 Å². The Morgan fingerprint density at radius 1 is 1.10 bits per heavy atom. The minimum Gasteiger partial charge on any atom is -0.480 e. The molecule has 0 saturated carbocycles. The van der Waals surface area contributed by atoms with E-state index in [0.29, 0.717) is 19.3 Å². The van der Waals surface area contributed by atoms with Gasteiger partial charge >= 0.3 is 5.97 Å². The highest BCUT2D eigenvalue weighted by Gasteiger charge is 2.44. The number of nitrogens with one attached hydrogen (secondary N) is 1. The van der Waals surface area contributed by atoms with Crippen LogP contribution in [0.15, 0.2) is 54.6 Å². The van der Waals surface area contributed by atoms with E-state index in [1.807, 2.05) is 54.6 Å². The van der Waals surface area contributed by atoms with Crippen molar-refractivity contribution in [1.29, 1.82) is 0 Å². The van der Waals surface area contributed by atoms with Crippen LogP contribution < -0.4 is 5.32 Å². The number of alkyl halides is 1. The maximum absolute atomic E-state index is 13.5. The first-order valence-corrected chi connectivity index (χ1v) is 11.5. The smallest absolute Gasteiger partial charge is 0.326 e. The van der Waals surface area contributed by atoms with Gasteiger partial charge < -0.3 is 15.3 Å². The second-order valence-electron chi connectivity index (χ2n) is 8.17. The first-order valence-electron chi connectivity index (χ1n) is 10.6. The summed E-state index contributed by atoms with van der Waals surface area (Å²) in [5.41, 5.74) is 2.98. The van der Waals surface area contributed by atoms with Crippen molar-refractivity contribution < 1.29 is 19.5 Å². The van der Waals surface area contributed by atoms with E-state index in [4.69, 9.17) is 0 Å². The Morgan fingerprint density at radius 3 is 2.55 bits per heavy atom. The number of nitrogens with zero attached hydrogens (tertiary/aromatic N) is 1. The number of carbonyl (C=O) groups is 3. The van der Waals surface area contributed by atoms with E-state index in [0.717, 1.165) is 29.5 Å². The Morgan fingerprint density at radius 2 is 1.81 bits per heavy atom. The standard InChI is InChI=1S/C24H25BrN2O4/c25-18(13-15-7-2-1-3-8-15)22(28)26-19-14-16-9-4-5-10-17(16)20-11-6-12-21(24(30)31)27(20)23(19)29/h1-5,7-10,18-21H,6,11-14H2,(H,26,28)(H,30,31)/t18-,19-,20+,21-/m1/s1. The average Bonchev–Trinajstić information content (AvgIpc) is 2.89. The van der Waals surface area contributed by atoms with E-state index in [1.165, 1.54) is 4.90 Å². The average molecular weight is 485 g/mol. The predicted molar refractivity (Wildman–Crippen MR) is 120 cm³/mol. The molecule has 4 atom stereocenters. The third-order valence-corrected chi connectivity index (χ3v) is 6.90. The molecule has 7 heteroatoms. The summed E-state index contributed by atoms with van der Waals surface area (Å²) in [6, 6.07) is 15.5. The van der Waals surface area contributed by atoms with E-state index in [1.54, 1.807) is 0 Å². The number of carbonyl (C=O) groups excluding carboxylic acids is 2. The minimum atomic E-state index is -0.995. The lowest BCUT2D eigenvalue weighted by Crippen LogP contribution is -2.56. The molecule has 1 fully saturated rings. The zero-order valence-electron chi connectivity index (χ0n) is 17.0. The number of halogens is 1. The molecule has 4 rings (SSSR count). The van der Waals surface area contributed by atoms with Crippen LogP contribution in [0.2, 0.25) is 0 Å². The Labute approximate surface area is 189 Å². The summed E-state index contributed by atoms with van der Waals surface area (Å²) < 4.78 is 0. The number of fused-ring (bicyclic) bond motifs is 3. The number of aliphatic carboxylic acids is 1. The van der Waals surface area contributed by atoms with Crippen molar-refractivity contribution in [3.8, 4) is 0 Å². The zero-order valence-corrected chi connectivity index (χ0v) is 18.6. The predicted octanol–water partition coefficient (Wildman–Crippen LogP) is 3.24. The molecule has 2 aromatic rings. The van der Waals surface area contributed by atoms with Crippen molar-refractivity contribution in [2.24, 2.45) is 0 Å². The number of rotatable bonds is 5. The molecular weight excluding hydrogens is 460 g/mol. The highest BCUT2D eigenvalue weighted by Crippen LogP contribution is 2.39. The van der Waals surface area contributed by atoms with Crippen LogP contribution in [0.3, 0.4) is 0 Å². The summed E-state index contributed by atoms with van der Waals surface area (Å²) in [5.74, 6) is -1.59. The number of carboxylic acids is 1. The molecule has 0 aliphatic carbocycles. The van der Waals surface area contributed by atoms with Crippen LogP contribution in [0.4, 0.5) is 0 Å². The molecule has 2 heterocycles. The zero-order chi connectivity index (χ0) is 22.0. The fraction of sp³-hybridized carbons (Fsp3) is 0.375. The second-order valence-corrected chi connectivity index (χ2v) is 9.27. The van der Waals surface area contributed by atoms with Crippen LogP contribution in [0.1, 0.15) is 42.0 Å². The maximum atomic E-state index is 13.5. The quantitative estimate of drug-likeness (QED) is 0.637. The van der Waals surface area contributed by atoms with E-state index in [9.17, 15) is 19.5 Å². The SMILES string of the molecule is O=C(N[C@@H]1Cc2ccccc2[C@@H]2CCC[C@H](C(=O)O)N2C1=O)[C@H](Br)Cc1ccccc1. The van der Waals surface area contributed by atoms with Crippen molar-refractivity contribution in [3.63, 3.8) is 0 Å². The van der Waals surface area contributed by atoms with Gasteiger partial charge in [-0.3, -0.25) is 9.59 Å². The van der Waals surface area contributed by atoms with E-state index >= 15 is 0 Å². The number of carboxylic acid groups (broad SMARTS) is 1. The van der Waals surface area contributed by atoms with Gasteiger partial charge in [0.15, 0.2) is 0 Å². The van der Waals surface area contributed by atoms with Gasteiger partial charge in [-0.15, -0.1) is 0 Å². The van der Waals surface area contributed by atoms with Gasteiger partial charge in [0.05, 0.1) is 10.9 Å². The molecule has 2 amide bonds. The molecule has 0 aromatic heterocycles. The summed E-state index contributed by atoms with van der Waals surface area (Å²) in [7, 11) is 0. The number of amides is 2. The Bertz CT molecular complexity index is 981. The Balaban J connectivity index is 1.59. The van der Waals surface area contributed by atoms with E-state index in [-0.39, 0.29) is 17.9 Å². The lowest BCUT2D eigenvalue weighted by atomic mass is 9.89. The molecule has 2 aliphatic heterocycles. The fourth-order valence-electron chi connectivity index (χ4n) is 4.68. The molecule has 0 spiro atoms. The van der Waals surface area contributed by atoms with E-state index in [2.05, 4.69) is 21.2 Å². The molecule has 31 heavy (non-hydrogen) atoms. The highest BCUT2D eigenvalue weighted by atomic mass is 79.9. The van der Waals surface area contributed by atoms with Gasteiger partial charge in [-0.05, 0) is 42.4 Å².